The molecule has 0 atom stereocenters. The van der Waals surface area contributed by atoms with Crippen molar-refractivity contribution in [3.8, 4) is 22.8 Å². The normalized spacial score (nSPS) is 10.2. The van der Waals surface area contributed by atoms with Gasteiger partial charge in [0.15, 0.2) is 11.5 Å². The number of methoxy groups -OCH3 is 2. The second-order valence-electron chi connectivity index (χ2n) is 3.67. The van der Waals surface area contributed by atoms with Gasteiger partial charge >= 0.3 is 0 Å². The van der Waals surface area contributed by atoms with Gasteiger partial charge in [0, 0.05) is 12.1 Å². The molecule has 1 aromatic heterocycles. The summed E-state index contributed by atoms with van der Waals surface area (Å²) >= 11 is 0. The van der Waals surface area contributed by atoms with Crippen LogP contribution in [-0.4, -0.2) is 24.2 Å². The van der Waals surface area contributed by atoms with Gasteiger partial charge in [-0.25, -0.2) is 9.97 Å². The van der Waals surface area contributed by atoms with Crippen LogP contribution in [0.15, 0.2) is 30.6 Å². The molecular formula is C13H15N3O2. The molecule has 0 amide bonds. The van der Waals surface area contributed by atoms with E-state index in [1.165, 1.54) is 6.33 Å². The predicted molar refractivity (Wildman–Crippen MR) is 68.5 cm³/mol. The van der Waals surface area contributed by atoms with Gasteiger partial charge in [0.05, 0.1) is 25.6 Å². The minimum absolute atomic E-state index is 0.392. The van der Waals surface area contributed by atoms with Crippen molar-refractivity contribution in [2.45, 2.75) is 6.54 Å². The second kappa shape index (κ2) is 5.46. The van der Waals surface area contributed by atoms with Gasteiger partial charge in [0.2, 0.25) is 0 Å². The first-order chi connectivity index (χ1) is 8.78. The van der Waals surface area contributed by atoms with Crippen LogP contribution >= 0.6 is 0 Å². The number of ether oxygens (including phenoxy) is 2. The van der Waals surface area contributed by atoms with Crippen LogP contribution in [0.2, 0.25) is 0 Å². The molecule has 0 radical (unpaired) electrons. The zero-order valence-corrected chi connectivity index (χ0v) is 10.4. The van der Waals surface area contributed by atoms with Gasteiger partial charge < -0.3 is 15.2 Å². The number of aromatic nitrogens is 2. The summed E-state index contributed by atoms with van der Waals surface area (Å²) in [4.78, 5) is 8.29. The summed E-state index contributed by atoms with van der Waals surface area (Å²) in [6, 6.07) is 7.51. The third-order valence-corrected chi connectivity index (χ3v) is 2.61. The van der Waals surface area contributed by atoms with Gasteiger partial charge in [-0.3, -0.25) is 0 Å². The number of hydrogen-bond acceptors (Lipinski definition) is 5. The Morgan fingerprint density at radius 2 is 1.83 bits per heavy atom. The van der Waals surface area contributed by atoms with E-state index in [0.717, 1.165) is 17.0 Å². The lowest BCUT2D eigenvalue weighted by Crippen LogP contribution is -2.00. The standard InChI is InChI=1S/C13H15N3O2/c1-17-12-4-3-9(5-13(12)18-2)11-6-10(7-14)15-8-16-11/h3-6,8H,7,14H2,1-2H3. The van der Waals surface area contributed by atoms with Gasteiger partial charge in [-0.05, 0) is 24.3 Å². The molecule has 0 saturated carbocycles. The molecule has 1 heterocycles. The zero-order chi connectivity index (χ0) is 13.0. The highest BCUT2D eigenvalue weighted by Crippen LogP contribution is 2.31. The van der Waals surface area contributed by atoms with E-state index in [2.05, 4.69) is 9.97 Å². The average Bonchev–Trinajstić information content (AvgIpc) is 2.46. The molecule has 2 aromatic rings. The summed E-state index contributed by atoms with van der Waals surface area (Å²) in [5.74, 6) is 1.36. The molecule has 1 aromatic carbocycles. The van der Waals surface area contributed by atoms with Gasteiger partial charge in [-0.15, -0.1) is 0 Å². The van der Waals surface area contributed by atoms with Crippen LogP contribution in [-0.2, 0) is 6.54 Å². The Morgan fingerprint density at radius 1 is 1.06 bits per heavy atom. The number of nitrogens with two attached hydrogens (primary N) is 1. The molecule has 0 unspecified atom stereocenters. The maximum absolute atomic E-state index is 5.56. The lowest BCUT2D eigenvalue weighted by atomic mass is 10.1. The van der Waals surface area contributed by atoms with Crippen molar-refractivity contribution in [2.24, 2.45) is 5.73 Å². The predicted octanol–water partition coefficient (Wildman–Crippen LogP) is 1.62. The van der Waals surface area contributed by atoms with Crippen molar-refractivity contribution >= 4 is 0 Å². The second-order valence-corrected chi connectivity index (χ2v) is 3.67. The van der Waals surface area contributed by atoms with Crippen LogP contribution in [0.5, 0.6) is 11.5 Å². The van der Waals surface area contributed by atoms with E-state index in [-0.39, 0.29) is 0 Å². The molecule has 2 N–H and O–H groups in total. The molecule has 0 aliphatic heterocycles. The monoisotopic (exact) mass is 245 g/mol. The molecule has 0 fully saturated rings. The zero-order valence-electron chi connectivity index (χ0n) is 10.4. The van der Waals surface area contributed by atoms with E-state index in [4.69, 9.17) is 15.2 Å². The summed E-state index contributed by atoms with van der Waals surface area (Å²) in [5, 5.41) is 0. The van der Waals surface area contributed by atoms with E-state index in [1.54, 1.807) is 14.2 Å². The van der Waals surface area contributed by atoms with Crippen LogP contribution in [0.4, 0.5) is 0 Å². The molecule has 0 aliphatic rings. The lowest BCUT2D eigenvalue weighted by molar-refractivity contribution is 0.355. The van der Waals surface area contributed by atoms with Crippen molar-refractivity contribution < 1.29 is 9.47 Å². The van der Waals surface area contributed by atoms with Crippen LogP contribution in [0, 0.1) is 0 Å². The smallest absolute Gasteiger partial charge is 0.161 e. The third kappa shape index (κ3) is 2.41. The highest BCUT2D eigenvalue weighted by Gasteiger charge is 2.07. The summed E-state index contributed by atoms with van der Waals surface area (Å²) in [5.41, 5.74) is 8.11. The molecule has 18 heavy (non-hydrogen) atoms. The fourth-order valence-corrected chi connectivity index (χ4v) is 1.66. The summed E-state index contributed by atoms with van der Waals surface area (Å²) in [6.45, 7) is 0.392. The highest BCUT2D eigenvalue weighted by molar-refractivity contribution is 5.64. The third-order valence-electron chi connectivity index (χ3n) is 2.61. The molecule has 94 valence electrons. The van der Waals surface area contributed by atoms with E-state index in [1.807, 2.05) is 24.3 Å². The van der Waals surface area contributed by atoms with E-state index >= 15 is 0 Å². The summed E-state index contributed by atoms with van der Waals surface area (Å²) < 4.78 is 10.5. The minimum atomic E-state index is 0.392. The Morgan fingerprint density at radius 3 is 2.50 bits per heavy atom. The maximum Gasteiger partial charge on any atom is 0.161 e. The van der Waals surface area contributed by atoms with E-state index in [9.17, 15) is 0 Å². The van der Waals surface area contributed by atoms with Crippen molar-refractivity contribution in [1.29, 1.82) is 0 Å². The molecule has 0 saturated heterocycles. The Balaban J connectivity index is 2.43. The fraction of sp³-hybridized carbons (Fsp3) is 0.231. The molecule has 0 spiro atoms. The molecule has 5 nitrogen and oxygen atoms in total. The van der Waals surface area contributed by atoms with E-state index in [0.29, 0.717) is 18.0 Å². The van der Waals surface area contributed by atoms with Gasteiger partial charge in [-0.1, -0.05) is 0 Å². The first-order valence-electron chi connectivity index (χ1n) is 5.52. The van der Waals surface area contributed by atoms with Gasteiger partial charge in [0.1, 0.15) is 6.33 Å². The Kier molecular flexibility index (Phi) is 3.74. The van der Waals surface area contributed by atoms with Crippen molar-refractivity contribution in [3.05, 3.63) is 36.3 Å². The molecule has 2 rings (SSSR count). The number of benzene rings is 1. The SMILES string of the molecule is COc1ccc(-c2cc(CN)ncn2)cc1OC. The van der Waals surface area contributed by atoms with Crippen LogP contribution in [0.1, 0.15) is 5.69 Å². The minimum Gasteiger partial charge on any atom is -0.493 e. The fourth-order valence-electron chi connectivity index (χ4n) is 1.66. The van der Waals surface area contributed by atoms with Crippen molar-refractivity contribution in [3.63, 3.8) is 0 Å². The Labute approximate surface area is 106 Å². The van der Waals surface area contributed by atoms with Gasteiger partial charge in [-0.2, -0.15) is 0 Å². The first kappa shape index (κ1) is 12.3. The van der Waals surface area contributed by atoms with Crippen molar-refractivity contribution in [2.75, 3.05) is 14.2 Å². The molecule has 0 aliphatic carbocycles. The first-order valence-corrected chi connectivity index (χ1v) is 5.52. The quantitative estimate of drug-likeness (QED) is 0.886. The largest absolute Gasteiger partial charge is 0.493 e. The summed E-state index contributed by atoms with van der Waals surface area (Å²) in [6.07, 6.45) is 1.51. The van der Waals surface area contributed by atoms with Crippen LogP contribution in [0.25, 0.3) is 11.3 Å². The lowest BCUT2D eigenvalue weighted by Gasteiger charge is -2.09. The summed E-state index contributed by atoms with van der Waals surface area (Å²) in [7, 11) is 3.21. The average molecular weight is 245 g/mol. The van der Waals surface area contributed by atoms with Crippen LogP contribution < -0.4 is 15.2 Å². The van der Waals surface area contributed by atoms with Crippen molar-refractivity contribution in [1.82, 2.24) is 9.97 Å². The number of hydrogen-bond donors (Lipinski definition) is 1. The number of rotatable bonds is 4. The van der Waals surface area contributed by atoms with E-state index < -0.39 is 0 Å². The molecule has 5 heteroatoms. The van der Waals surface area contributed by atoms with Crippen LogP contribution in [0.3, 0.4) is 0 Å². The number of nitrogens with zero attached hydrogens (tertiary/aromatic N) is 2. The maximum atomic E-state index is 5.56. The molecular weight excluding hydrogens is 230 g/mol. The Hall–Kier alpha value is -2.14. The van der Waals surface area contributed by atoms with Gasteiger partial charge in [0.25, 0.3) is 0 Å². The topological polar surface area (TPSA) is 70.3 Å². The Bertz CT molecular complexity index is 544. The molecule has 0 bridgehead atoms. The highest BCUT2D eigenvalue weighted by atomic mass is 16.5.